The predicted molar refractivity (Wildman–Crippen MR) is 84.4 cm³/mol. The van der Waals surface area contributed by atoms with E-state index in [1.165, 1.54) is 12.1 Å². The Bertz CT molecular complexity index is 699. The van der Waals surface area contributed by atoms with Crippen LogP contribution < -0.4 is 10.1 Å². The number of alkyl halides is 3. The minimum absolute atomic E-state index is 0.195. The molecule has 1 N–H and O–H groups in total. The number of ether oxygens (including phenoxy) is 1. The fourth-order valence-corrected chi connectivity index (χ4v) is 2.32. The van der Waals surface area contributed by atoms with E-state index < -0.39 is 17.6 Å². The SMILES string of the molecule is Cc1cc(Br)ccc1NC(=O)COc1ccc(C(F)(F)F)cc1. The Hall–Kier alpha value is -2.02. The second kappa shape index (κ2) is 7.04. The van der Waals surface area contributed by atoms with Gasteiger partial charge in [-0.2, -0.15) is 13.2 Å². The number of carbonyl (C=O) groups excluding carboxylic acids is 1. The molecule has 2 rings (SSSR count). The van der Waals surface area contributed by atoms with Crippen LogP contribution in [0.5, 0.6) is 5.75 Å². The maximum atomic E-state index is 12.4. The van der Waals surface area contributed by atoms with E-state index in [1.54, 1.807) is 12.1 Å². The van der Waals surface area contributed by atoms with Crippen LogP contribution in [0.25, 0.3) is 0 Å². The predicted octanol–water partition coefficient (Wildman–Crippen LogP) is 4.79. The molecule has 0 spiro atoms. The number of amides is 1. The van der Waals surface area contributed by atoms with Crippen LogP contribution in [0.15, 0.2) is 46.9 Å². The van der Waals surface area contributed by atoms with Gasteiger partial charge in [0, 0.05) is 10.2 Å². The number of carbonyl (C=O) groups is 1. The summed E-state index contributed by atoms with van der Waals surface area (Å²) in [6.45, 7) is 1.55. The van der Waals surface area contributed by atoms with E-state index in [-0.39, 0.29) is 12.4 Å². The second-order valence-electron chi connectivity index (χ2n) is 4.82. The summed E-state index contributed by atoms with van der Waals surface area (Å²) in [6.07, 6.45) is -4.39. The fourth-order valence-electron chi connectivity index (χ4n) is 1.84. The molecule has 23 heavy (non-hydrogen) atoms. The number of nitrogens with one attached hydrogen (secondary N) is 1. The van der Waals surface area contributed by atoms with Crippen LogP contribution in [0.2, 0.25) is 0 Å². The number of hydrogen-bond donors (Lipinski definition) is 1. The molecule has 3 nitrogen and oxygen atoms in total. The van der Waals surface area contributed by atoms with Crippen LogP contribution in [-0.4, -0.2) is 12.5 Å². The Morgan fingerprint density at radius 2 is 1.83 bits per heavy atom. The van der Waals surface area contributed by atoms with Crippen molar-refractivity contribution in [2.24, 2.45) is 0 Å². The van der Waals surface area contributed by atoms with Crippen molar-refractivity contribution < 1.29 is 22.7 Å². The van der Waals surface area contributed by atoms with Gasteiger partial charge in [0.1, 0.15) is 5.75 Å². The van der Waals surface area contributed by atoms with Gasteiger partial charge in [0.2, 0.25) is 0 Å². The lowest BCUT2D eigenvalue weighted by atomic mass is 10.2. The number of hydrogen-bond acceptors (Lipinski definition) is 2. The zero-order valence-electron chi connectivity index (χ0n) is 12.1. The van der Waals surface area contributed by atoms with E-state index in [1.807, 2.05) is 13.0 Å². The van der Waals surface area contributed by atoms with Crippen LogP contribution >= 0.6 is 15.9 Å². The van der Waals surface area contributed by atoms with Gasteiger partial charge in [-0.05, 0) is 55.0 Å². The second-order valence-corrected chi connectivity index (χ2v) is 5.73. The first-order chi connectivity index (χ1) is 10.8. The van der Waals surface area contributed by atoms with Gasteiger partial charge in [-0.3, -0.25) is 4.79 Å². The molecule has 2 aromatic carbocycles. The molecular formula is C16H13BrF3NO2. The van der Waals surface area contributed by atoms with Crippen LogP contribution in [0.4, 0.5) is 18.9 Å². The molecule has 0 fully saturated rings. The highest BCUT2D eigenvalue weighted by Gasteiger charge is 2.30. The lowest BCUT2D eigenvalue weighted by molar-refractivity contribution is -0.137. The molecule has 0 atom stereocenters. The Balaban J connectivity index is 1.91. The molecule has 0 heterocycles. The van der Waals surface area contributed by atoms with E-state index in [9.17, 15) is 18.0 Å². The standard InChI is InChI=1S/C16H13BrF3NO2/c1-10-8-12(17)4-7-14(10)21-15(22)9-23-13-5-2-11(3-6-13)16(18,19)20/h2-8H,9H2,1H3,(H,21,22). The third-order valence-electron chi connectivity index (χ3n) is 3.01. The van der Waals surface area contributed by atoms with Gasteiger partial charge in [0.15, 0.2) is 6.61 Å². The lowest BCUT2D eigenvalue weighted by Gasteiger charge is -2.11. The number of halogens is 4. The summed E-state index contributed by atoms with van der Waals surface area (Å²) in [5.41, 5.74) is 0.760. The van der Waals surface area contributed by atoms with Crippen molar-refractivity contribution in [3.63, 3.8) is 0 Å². The molecule has 0 aliphatic heterocycles. The van der Waals surface area contributed by atoms with Gasteiger partial charge in [-0.15, -0.1) is 0 Å². The Labute approximate surface area is 139 Å². The maximum absolute atomic E-state index is 12.4. The summed E-state index contributed by atoms with van der Waals surface area (Å²) in [7, 11) is 0. The van der Waals surface area contributed by atoms with Gasteiger partial charge >= 0.3 is 6.18 Å². The van der Waals surface area contributed by atoms with E-state index in [4.69, 9.17) is 4.74 Å². The largest absolute Gasteiger partial charge is 0.484 e. The average molecular weight is 388 g/mol. The van der Waals surface area contributed by atoms with Gasteiger partial charge < -0.3 is 10.1 Å². The van der Waals surface area contributed by atoms with E-state index in [0.29, 0.717) is 5.69 Å². The highest BCUT2D eigenvalue weighted by atomic mass is 79.9. The van der Waals surface area contributed by atoms with Gasteiger partial charge in [0.05, 0.1) is 5.56 Å². The molecule has 0 aliphatic rings. The van der Waals surface area contributed by atoms with Crippen LogP contribution in [-0.2, 0) is 11.0 Å². The van der Waals surface area contributed by atoms with Crippen molar-refractivity contribution in [1.82, 2.24) is 0 Å². The summed E-state index contributed by atoms with van der Waals surface area (Å²) < 4.78 is 43.4. The first-order valence-electron chi connectivity index (χ1n) is 6.62. The summed E-state index contributed by atoms with van der Waals surface area (Å²) in [6, 6.07) is 9.57. The third-order valence-corrected chi connectivity index (χ3v) is 3.51. The Morgan fingerprint density at radius 1 is 1.17 bits per heavy atom. The lowest BCUT2D eigenvalue weighted by Crippen LogP contribution is -2.20. The van der Waals surface area contributed by atoms with Gasteiger partial charge in [-0.1, -0.05) is 15.9 Å². The van der Waals surface area contributed by atoms with Crippen molar-refractivity contribution in [1.29, 1.82) is 0 Å². The van der Waals surface area contributed by atoms with Gasteiger partial charge in [-0.25, -0.2) is 0 Å². The zero-order valence-corrected chi connectivity index (χ0v) is 13.7. The molecule has 1 amide bonds. The van der Waals surface area contributed by atoms with Crippen LogP contribution in [0.3, 0.4) is 0 Å². The molecule has 2 aromatic rings. The number of benzene rings is 2. The molecule has 0 aliphatic carbocycles. The Morgan fingerprint density at radius 3 is 2.39 bits per heavy atom. The molecule has 0 saturated carbocycles. The monoisotopic (exact) mass is 387 g/mol. The number of rotatable bonds is 4. The minimum atomic E-state index is -4.39. The molecule has 0 radical (unpaired) electrons. The van der Waals surface area contributed by atoms with E-state index in [2.05, 4.69) is 21.2 Å². The molecule has 122 valence electrons. The summed E-state index contributed by atoms with van der Waals surface area (Å²) in [5, 5.41) is 2.68. The number of aryl methyl sites for hydroxylation is 1. The maximum Gasteiger partial charge on any atom is 0.416 e. The van der Waals surface area contributed by atoms with Crippen LogP contribution in [0, 0.1) is 6.92 Å². The topological polar surface area (TPSA) is 38.3 Å². The van der Waals surface area contributed by atoms with Crippen molar-refractivity contribution in [2.75, 3.05) is 11.9 Å². The van der Waals surface area contributed by atoms with Crippen molar-refractivity contribution >= 4 is 27.5 Å². The third kappa shape index (κ3) is 4.99. The first-order valence-corrected chi connectivity index (χ1v) is 7.41. The normalized spacial score (nSPS) is 11.2. The van der Waals surface area contributed by atoms with Crippen molar-refractivity contribution in [3.8, 4) is 5.75 Å². The molecule has 0 unspecified atom stereocenters. The minimum Gasteiger partial charge on any atom is -0.484 e. The Kier molecular flexibility index (Phi) is 5.30. The highest BCUT2D eigenvalue weighted by Crippen LogP contribution is 2.30. The zero-order chi connectivity index (χ0) is 17.0. The molecular weight excluding hydrogens is 375 g/mol. The fraction of sp³-hybridized carbons (Fsp3) is 0.188. The van der Waals surface area contributed by atoms with Crippen molar-refractivity contribution in [2.45, 2.75) is 13.1 Å². The van der Waals surface area contributed by atoms with E-state index >= 15 is 0 Å². The van der Waals surface area contributed by atoms with Crippen LogP contribution in [0.1, 0.15) is 11.1 Å². The quantitative estimate of drug-likeness (QED) is 0.818. The molecule has 7 heteroatoms. The summed E-state index contributed by atoms with van der Waals surface area (Å²) in [5.74, 6) is -0.198. The summed E-state index contributed by atoms with van der Waals surface area (Å²) >= 11 is 3.33. The smallest absolute Gasteiger partial charge is 0.416 e. The van der Waals surface area contributed by atoms with Crippen molar-refractivity contribution in [3.05, 3.63) is 58.1 Å². The van der Waals surface area contributed by atoms with E-state index in [0.717, 1.165) is 22.2 Å². The number of anilines is 1. The van der Waals surface area contributed by atoms with Gasteiger partial charge in [0.25, 0.3) is 5.91 Å². The molecule has 0 bridgehead atoms. The highest BCUT2D eigenvalue weighted by molar-refractivity contribution is 9.10. The molecule has 0 aromatic heterocycles. The summed E-state index contributed by atoms with van der Waals surface area (Å²) in [4.78, 5) is 11.8. The average Bonchev–Trinajstić information content (AvgIpc) is 2.47. The first kappa shape index (κ1) is 17.3. The molecule has 0 saturated heterocycles.